The van der Waals surface area contributed by atoms with Crippen molar-refractivity contribution in [2.45, 2.75) is 53.4 Å². The molecule has 5 rings (SSSR count). The zero-order valence-electron chi connectivity index (χ0n) is 21.3. The Labute approximate surface area is 217 Å². The molecule has 0 radical (unpaired) electrons. The molecule has 1 aliphatic rings. The molecular formula is C31H31N3OS. The molecule has 2 aromatic carbocycles. The van der Waals surface area contributed by atoms with Crippen molar-refractivity contribution in [3.63, 3.8) is 0 Å². The zero-order chi connectivity index (χ0) is 25.4. The first-order valence-corrected chi connectivity index (χ1v) is 13.4. The molecule has 5 heteroatoms. The molecule has 36 heavy (non-hydrogen) atoms. The van der Waals surface area contributed by atoms with Crippen molar-refractivity contribution in [2.24, 2.45) is 11.3 Å². The van der Waals surface area contributed by atoms with Gasteiger partial charge in [-0.1, -0.05) is 75.2 Å². The van der Waals surface area contributed by atoms with E-state index in [1.807, 2.05) is 42.5 Å². The second kappa shape index (κ2) is 9.52. The quantitative estimate of drug-likeness (QED) is 0.307. The van der Waals surface area contributed by atoms with Gasteiger partial charge in [-0.15, -0.1) is 11.3 Å². The number of para-hydroxylation sites is 1. The Morgan fingerprint density at radius 1 is 1.19 bits per heavy atom. The molecule has 1 N–H and O–H groups in total. The van der Waals surface area contributed by atoms with Crippen LogP contribution in [0.4, 0.5) is 5.00 Å². The number of nitrogens with one attached hydrogen (secondary N) is 1. The van der Waals surface area contributed by atoms with Gasteiger partial charge in [0.2, 0.25) is 0 Å². The van der Waals surface area contributed by atoms with Crippen molar-refractivity contribution < 1.29 is 4.79 Å². The maximum atomic E-state index is 13.7. The molecule has 4 aromatic rings. The van der Waals surface area contributed by atoms with Crippen molar-refractivity contribution in [3.8, 4) is 17.3 Å². The molecule has 1 aliphatic carbocycles. The number of aryl methyl sites for hydroxylation is 1. The molecule has 1 atom stereocenters. The molecule has 0 saturated heterocycles. The van der Waals surface area contributed by atoms with Crippen molar-refractivity contribution in [1.29, 1.82) is 5.26 Å². The number of benzene rings is 2. The molecule has 2 aromatic heterocycles. The van der Waals surface area contributed by atoms with Crippen LogP contribution in [0.25, 0.3) is 22.2 Å². The summed E-state index contributed by atoms with van der Waals surface area (Å²) in [5, 5.41) is 14.6. The van der Waals surface area contributed by atoms with E-state index in [4.69, 9.17) is 4.98 Å². The molecule has 0 fully saturated rings. The number of fused-ring (bicyclic) bond motifs is 2. The Balaban J connectivity index is 1.51. The molecule has 0 bridgehead atoms. The predicted octanol–water partition coefficient (Wildman–Crippen LogP) is 7.94. The summed E-state index contributed by atoms with van der Waals surface area (Å²) in [5.41, 5.74) is 6.26. The fourth-order valence-electron chi connectivity index (χ4n) is 5.15. The average molecular weight is 494 g/mol. The normalized spacial score (nSPS) is 15.4. The van der Waals surface area contributed by atoms with E-state index in [9.17, 15) is 10.1 Å². The lowest BCUT2D eigenvalue weighted by molar-refractivity contribution is 0.102. The number of amides is 1. The smallest absolute Gasteiger partial charge is 0.257 e. The first-order valence-electron chi connectivity index (χ1n) is 12.6. The zero-order valence-corrected chi connectivity index (χ0v) is 22.1. The van der Waals surface area contributed by atoms with Crippen LogP contribution in [0.15, 0.2) is 54.6 Å². The number of thiophene rings is 1. The summed E-state index contributed by atoms with van der Waals surface area (Å²) in [6.45, 7) is 8.98. The molecule has 0 unspecified atom stereocenters. The van der Waals surface area contributed by atoms with Crippen molar-refractivity contribution >= 4 is 33.1 Å². The van der Waals surface area contributed by atoms with E-state index in [-0.39, 0.29) is 11.3 Å². The number of pyridine rings is 1. The van der Waals surface area contributed by atoms with Crippen LogP contribution < -0.4 is 5.32 Å². The predicted molar refractivity (Wildman–Crippen MR) is 148 cm³/mol. The van der Waals surface area contributed by atoms with Crippen LogP contribution in [0.1, 0.15) is 65.5 Å². The van der Waals surface area contributed by atoms with Crippen molar-refractivity contribution in [2.75, 3.05) is 5.32 Å². The Kier molecular flexibility index (Phi) is 6.40. The van der Waals surface area contributed by atoms with E-state index in [1.54, 1.807) is 11.3 Å². The van der Waals surface area contributed by atoms with Gasteiger partial charge in [0.05, 0.1) is 22.3 Å². The number of nitrogens with zero attached hydrogens (tertiary/aromatic N) is 2. The standard InChI is InChI=1S/C31H31N3OS/c1-5-31(3,4)21-14-15-23-25(18-32)30(36-28(23)16-21)34-29(35)24-17-27(20-12-10-19(2)11-13-20)33-26-9-7-6-8-22(24)26/h6-13,17,21H,5,14-16H2,1-4H3,(H,34,35)/t21-/m1/s1. The van der Waals surface area contributed by atoms with Gasteiger partial charge in [-0.3, -0.25) is 4.79 Å². The third kappa shape index (κ3) is 4.42. The molecule has 0 spiro atoms. The van der Waals surface area contributed by atoms with E-state index < -0.39 is 0 Å². The van der Waals surface area contributed by atoms with Gasteiger partial charge in [-0.25, -0.2) is 4.98 Å². The van der Waals surface area contributed by atoms with Crippen LogP contribution in [-0.2, 0) is 12.8 Å². The van der Waals surface area contributed by atoms with E-state index >= 15 is 0 Å². The fraction of sp³-hybridized carbons (Fsp3) is 0.323. The van der Waals surface area contributed by atoms with Gasteiger partial charge in [-0.05, 0) is 55.2 Å². The number of nitriles is 1. The highest BCUT2D eigenvalue weighted by molar-refractivity contribution is 7.16. The van der Waals surface area contributed by atoms with Gasteiger partial charge in [0.15, 0.2) is 0 Å². The van der Waals surface area contributed by atoms with Gasteiger partial charge in [-0.2, -0.15) is 5.26 Å². The number of carbonyl (C=O) groups excluding carboxylic acids is 1. The maximum absolute atomic E-state index is 13.7. The van der Waals surface area contributed by atoms with Crippen LogP contribution in [0, 0.1) is 29.6 Å². The number of anilines is 1. The summed E-state index contributed by atoms with van der Waals surface area (Å²) >= 11 is 1.58. The lowest BCUT2D eigenvalue weighted by Crippen LogP contribution is -2.28. The first kappa shape index (κ1) is 24.2. The SMILES string of the molecule is CCC(C)(C)[C@@H]1CCc2c(sc(NC(=O)c3cc(-c4ccc(C)cc4)nc4ccccc34)c2C#N)C1. The molecule has 4 nitrogen and oxygen atoms in total. The minimum Gasteiger partial charge on any atom is -0.312 e. The van der Waals surface area contributed by atoms with Gasteiger partial charge in [0.1, 0.15) is 11.1 Å². The first-order chi connectivity index (χ1) is 17.3. The minimum atomic E-state index is -0.206. The highest BCUT2D eigenvalue weighted by Crippen LogP contribution is 2.45. The van der Waals surface area contributed by atoms with Crippen LogP contribution >= 0.6 is 11.3 Å². The average Bonchev–Trinajstić information content (AvgIpc) is 3.24. The Bertz CT molecular complexity index is 1490. The number of hydrogen-bond acceptors (Lipinski definition) is 4. The molecule has 182 valence electrons. The lowest BCUT2D eigenvalue weighted by atomic mass is 9.69. The summed E-state index contributed by atoms with van der Waals surface area (Å²) in [6.07, 6.45) is 4.09. The summed E-state index contributed by atoms with van der Waals surface area (Å²) in [7, 11) is 0. The van der Waals surface area contributed by atoms with Crippen LogP contribution in [0.5, 0.6) is 0 Å². The van der Waals surface area contributed by atoms with Gasteiger partial charge in [0, 0.05) is 15.8 Å². The van der Waals surface area contributed by atoms with Crippen LogP contribution in [0.2, 0.25) is 0 Å². The van der Waals surface area contributed by atoms with Crippen LogP contribution in [0.3, 0.4) is 0 Å². The third-order valence-electron chi connectivity index (χ3n) is 7.93. The van der Waals surface area contributed by atoms with Gasteiger partial charge < -0.3 is 5.32 Å². The largest absolute Gasteiger partial charge is 0.312 e. The highest BCUT2D eigenvalue weighted by atomic mass is 32.1. The molecule has 2 heterocycles. The summed E-state index contributed by atoms with van der Waals surface area (Å²) in [5.74, 6) is 0.382. The molecular weight excluding hydrogens is 462 g/mol. The Morgan fingerprint density at radius 3 is 2.67 bits per heavy atom. The van der Waals surface area contributed by atoms with Crippen molar-refractivity contribution in [3.05, 3.63) is 81.7 Å². The number of carbonyl (C=O) groups is 1. The lowest BCUT2D eigenvalue weighted by Gasteiger charge is -2.36. The monoisotopic (exact) mass is 493 g/mol. The number of hydrogen-bond donors (Lipinski definition) is 1. The maximum Gasteiger partial charge on any atom is 0.257 e. The highest BCUT2D eigenvalue weighted by Gasteiger charge is 2.34. The summed E-state index contributed by atoms with van der Waals surface area (Å²) in [4.78, 5) is 19.7. The Morgan fingerprint density at radius 2 is 1.94 bits per heavy atom. The van der Waals surface area contributed by atoms with Crippen LogP contribution in [-0.4, -0.2) is 10.9 Å². The van der Waals surface area contributed by atoms with Crippen molar-refractivity contribution in [1.82, 2.24) is 4.98 Å². The molecule has 1 amide bonds. The summed E-state index contributed by atoms with van der Waals surface area (Å²) in [6, 6.07) is 20.1. The molecule has 0 aliphatic heterocycles. The second-order valence-corrected chi connectivity index (χ2v) is 11.6. The van der Waals surface area contributed by atoms with E-state index in [1.165, 1.54) is 10.4 Å². The van der Waals surface area contributed by atoms with Gasteiger partial charge in [0.25, 0.3) is 5.91 Å². The van der Waals surface area contributed by atoms with E-state index in [2.05, 4.69) is 51.2 Å². The topological polar surface area (TPSA) is 65.8 Å². The Hall–Kier alpha value is -3.49. The second-order valence-electron chi connectivity index (χ2n) is 10.5. The minimum absolute atomic E-state index is 0.206. The van der Waals surface area contributed by atoms with E-state index in [0.29, 0.717) is 22.0 Å². The number of rotatable bonds is 5. The third-order valence-corrected chi connectivity index (χ3v) is 9.10. The molecule has 0 saturated carbocycles. The number of aromatic nitrogens is 1. The van der Waals surface area contributed by atoms with Gasteiger partial charge >= 0.3 is 0 Å². The fourth-order valence-corrected chi connectivity index (χ4v) is 6.43. The summed E-state index contributed by atoms with van der Waals surface area (Å²) < 4.78 is 0. The van der Waals surface area contributed by atoms with E-state index in [0.717, 1.165) is 53.4 Å².